The quantitative estimate of drug-likeness (QED) is 0.0993. The summed E-state index contributed by atoms with van der Waals surface area (Å²) in [5.74, 6) is -1.39. The number of oxazole rings is 1. The summed E-state index contributed by atoms with van der Waals surface area (Å²) in [5, 5.41) is 23.8. The van der Waals surface area contributed by atoms with Gasteiger partial charge in [-0.25, -0.2) is 15.0 Å². The third-order valence-corrected chi connectivity index (χ3v) is 8.71. The number of phenolic OH excluding ortho intramolecular Hbond substituents is 1. The highest BCUT2D eigenvalue weighted by Gasteiger charge is 2.24. The molecule has 6 aromatic rings. The van der Waals surface area contributed by atoms with E-state index in [1.54, 1.807) is 58.0 Å². The molecular formula is C37H41N11O7. The van der Waals surface area contributed by atoms with Gasteiger partial charge in [0.05, 0.1) is 29.5 Å². The number of primary amides is 1. The number of rotatable bonds is 14. The number of phenols is 1. The molecule has 0 radical (unpaired) electrons. The van der Waals surface area contributed by atoms with Crippen LogP contribution >= 0.6 is 0 Å². The van der Waals surface area contributed by atoms with Gasteiger partial charge in [0.15, 0.2) is 5.89 Å². The van der Waals surface area contributed by atoms with E-state index in [4.69, 9.17) is 14.9 Å². The number of imidazole rings is 2. The number of carbonyl (C=O) groups excluding carboxylic acids is 4. The molecule has 2 aromatic carbocycles. The van der Waals surface area contributed by atoms with Crippen LogP contribution in [0.15, 0.2) is 46.9 Å². The highest BCUT2D eigenvalue weighted by molar-refractivity contribution is 6.05. The molecule has 0 atom stereocenters. The van der Waals surface area contributed by atoms with E-state index in [0.717, 1.165) is 0 Å². The lowest BCUT2D eigenvalue weighted by Gasteiger charge is -2.12. The Morgan fingerprint density at radius 2 is 1.49 bits per heavy atom. The molecule has 0 unspecified atom stereocenters. The number of anilines is 2. The third-order valence-electron chi connectivity index (χ3n) is 8.71. The molecule has 0 aliphatic rings. The zero-order valence-corrected chi connectivity index (χ0v) is 31.2. The Balaban J connectivity index is 1.38. The maximum absolute atomic E-state index is 13.5. The standard InChI is InChI=1S/C37H41N11O7/c1-7-23-31(55-20(5)40-23)35(53)44-37-42-25-16-22(33(51)39-8-2)18-28(54-6)30(25)47(37)13-11-10-12-46-29-24(15-21(32(38)50)17-27(29)49)41-36(46)43-34(52)26-14-19(4)45-48(26)9-3/h10-11,14-18,49H,7-9,12-13H2,1-6H3,(H2,38,50)(H,39,51)(H,41,43,52)(H,42,44,53)/b11-10+. The Kier molecular flexibility index (Phi) is 10.7. The van der Waals surface area contributed by atoms with E-state index in [1.807, 2.05) is 20.8 Å². The van der Waals surface area contributed by atoms with Crippen LogP contribution in [0, 0.1) is 13.8 Å². The number of aryl methyl sites for hydroxylation is 4. The molecule has 0 aliphatic carbocycles. The summed E-state index contributed by atoms with van der Waals surface area (Å²) in [6, 6.07) is 7.53. The number of methoxy groups -OCH3 is 1. The average molecular weight is 752 g/mol. The number of fused-ring (bicyclic) bond motifs is 2. The molecule has 6 N–H and O–H groups in total. The van der Waals surface area contributed by atoms with Crippen molar-refractivity contribution in [3.63, 3.8) is 0 Å². The molecule has 0 saturated carbocycles. The van der Waals surface area contributed by atoms with Gasteiger partial charge in [0, 0.05) is 44.2 Å². The molecule has 0 fully saturated rings. The number of nitrogens with two attached hydrogens (primary N) is 1. The topological polar surface area (TPSA) is 239 Å². The van der Waals surface area contributed by atoms with Crippen LogP contribution in [0.25, 0.3) is 22.1 Å². The summed E-state index contributed by atoms with van der Waals surface area (Å²) in [6.07, 6.45) is 4.02. The van der Waals surface area contributed by atoms with Gasteiger partial charge in [0.1, 0.15) is 28.2 Å². The molecule has 4 aromatic heterocycles. The summed E-state index contributed by atoms with van der Waals surface area (Å²) < 4.78 is 16.2. The predicted octanol–water partition coefficient (Wildman–Crippen LogP) is 4.09. The Labute approximate surface area is 314 Å². The molecule has 0 aliphatic heterocycles. The van der Waals surface area contributed by atoms with Gasteiger partial charge in [-0.05, 0) is 57.5 Å². The minimum Gasteiger partial charge on any atom is -0.506 e. The molecule has 6 rings (SSSR count). The van der Waals surface area contributed by atoms with E-state index in [2.05, 4.69) is 36.0 Å². The Morgan fingerprint density at radius 3 is 2.11 bits per heavy atom. The number of nitrogens with zero attached hydrogens (tertiary/aromatic N) is 7. The van der Waals surface area contributed by atoms with Gasteiger partial charge in [-0.2, -0.15) is 5.10 Å². The van der Waals surface area contributed by atoms with Crippen LogP contribution < -0.4 is 26.4 Å². The maximum atomic E-state index is 13.5. The normalized spacial score (nSPS) is 11.5. The summed E-state index contributed by atoms with van der Waals surface area (Å²) in [4.78, 5) is 65.3. The molecule has 0 bridgehead atoms. The lowest BCUT2D eigenvalue weighted by atomic mass is 10.1. The van der Waals surface area contributed by atoms with E-state index in [9.17, 15) is 24.3 Å². The van der Waals surface area contributed by atoms with Crippen LogP contribution in [0.4, 0.5) is 11.9 Å². The fraction of sp³-hybridized carbons (Fsp3) is 0.297. The highest BCUT2D eigenvalue weighted by atomic mass is 16.5. The molecule has 286 valence electrons. The van der Waals surface area contributed by atoms with Crippen molar-refractivity contribution >= 4 is 57.6 Å². The largest absolute Gasteiger partial charge is 0.506 e. The van der Waals surface area contributed by atoms with E-state index in [1.165, 1.54) is 19.2 Å². The SMILES string of the molecule is CCNC(=O)c1cc(OC)c2c(c1)nc(NC(=O)c1oc(C)nc1CC)n2C/C=C/Cn1c(NC(=O)c2cc(C)nn2CC)nc2cc(C(N)=O)cc(O)c21. The van der Waals surface area contributed by atoms with Crippen LogP contribution in [-0.4, -0.2) is 76.3 Å². The van der Waals surface area contributed by atoms with E-state index in [-0.39, 0.29) is 59.0 Å². The van der Waals surface area contributed by atoms with Gasteiger partial charge in [0.2, 0.25) is 23.6 Å². The van der Waals surface area contributed by atoms with Gasteiger partial charge in [-0.1, -0.05) is 19.1 Å². The number of allylic oxidation sites excluding steroid dienone is 2. The van der Waals surface area contributed by atoms with Crippen molar-refractivity contribution in [3.8, 4) is 11.5 Å². The highest BCUT2D eigenvalue weighted by Crippen LogP contribution is 2.32. The zero-order valence-electron chi connectivity index (χ0n) is 31.2. The van der Waals surface area contributed by atoms with Crippen LogP contribution in [0.1, 0.15) is 79.8 Å². The van der Waals surface area contributed by atoms with Gasteiger partial charge >= 0.3 is 0 Å². The van der Waals surface area contributed by atoms with Crippen molar-refractivity contribution in [3.05, 3.63) is 82.3 Å². The number of carbonyl (C=O) groups is 4. The monoisotopic (exact) mass is 751 g/mol. The summed E-state index contributed by atoms with van der Waals surface area (Å²) >= 11 is 0. The van der Waals surface area contributed by atoms with Crippen LogP contribution in [-0.2, 0) is 26.1 Å². The first-order valence-corrected chi connectivity index (χ1v) is 17.5. The number of aromatic hydroxyl groups is 1. The Morgan fingerprint density at radius 1 is 0.855 bits per heavy atom. The second-order valence-corrected chi connectivity index (χ2v) is 12.5. The Hall–Kier alpha value is -6.98. The number of benzene rings is 2. The fourth-order valence-corrected chi connectivity index (χ4v) is 6.25. The summed E-state index contributed by atoms with van der Waals surface area (Å²) in [6.45, 7) is 10.1. The first-order chi connectivity index (χ1) is 26.4. The number of nitrogens with one attached hydrogen (secondary N) is 3. The van der Waals surface area contributed by atoms with E-state index < -0.39 is 17.7 Å². The number of hydrogen-bond acceptors (Lipinski definition) is 11. The fourth-order valence-electron chi connectivity index (χ4n) is 6.25. The van der Waals surface area contributed by atoms with Crippen molar-refractivity contribution in [2.45, 2.75) is 60.7 Å². The average Bonchev–Trinajstić information content (AvgIpc) is 3.92. The molecule has 18 nitrogen and oxygen atoms in total. The van der Waals surface area contributed by atoms with Crippen LogP contribution in [0.5, 0.6) is 11.5 Å². The van der Waals surface area contributed by atoms with Crippen LogP contribution in [0.2, 0.25) is 0 Å². The minimum atomic E-state index is -0.757. The van der Waals surface area contributed by atoms with Gasteiger partial charge < -0.3 is 34.4 Å². The van der Waals surface area contributed by atoms with E-state index >= 15 is 0 Å². The molecule has 55 heavy (non-hydrogen) atoms. The number of aromatic nitrogens is 7. The number of amides is 4. The van der Waals surface area contributed by atoms with Crippen molar-refractivity contribution in [1.82, 2.24) is 39.2 Å². The molecule has 4 heterocycles. The summed E-state index contributed by atoms with van der Waals surface area (Å²) in [7, 11) is 1.47. The van der Waals surface area contributed by atoms with Crippen molar-refractivity contribution in [2.24, 2.45) is 5.73 Å². The third kappa shape index (κ3) is 7.46. The number of ether oxygens (including phenoxy) is 1. The second-order valence-electron chi connectivity index (χ2n) is 12.5. The second kappa shape index (κ2) is 15.6. The summed E-state index contributed by atoms with van der Waals surface area (Å²) in [5.41, 5.74) is 8.69. The Bertz CT molecular complexity index is 2500. The lowest BCUT2D eigenvalue weighted by Crippen LogP contribution is -2.22. The molecule has 0 spiro atoms. The minimum absolute atomic E-state index is 0.0418. The first kappa shape index (κ1) is 37.8. The van der Waals surface area contributed by atoms with Gasteiger partial charge in [-0.3, -0.25) is 34.5 Å². The lowest BCUT2D eigenvalue weighted by molar-refractivity contribution is 0.0952. The molecule has 0 saturated heterocycles. The number of hydrogen-bond donors (Lipinski definition) is 5. The molecule has 18 heteroatoms. The van der Waals surface area contributed by atoms with Crippen molar-refractivity contribution in [2.75, 3.05) is 24.3 Å². The zero-order chi connectivity index (χ0) is 39.6. The maximum Gasteiger partial charge on any atom is 0.295 e. The van der Waals surface area contributed by atoms with Crippen LogP contribution in [0.3, 0.4) is 0 Å². The smallest absolute Gasteiger partial charge is 0.295 e. The van der Waals surface area contributed by atoms with Gasteiger partial charge in [0.25, 0.3) is 17.7 Å². The molecular weight excluding hydrogens is 710 g/mol. The van der Waals surface area contributed by atoms with E-state index in [0.29, 0.717) is 64.8 Å². The molecule has 4 amide bonds. The van der Waals surface area contributed by atoms with Crippen molar-refractivity contribution < 1.29 is 33.4 Å². The van der Waals surface area contributed by atoms with Gasteiger partial charge in [-0.15, -0.1) is 0 Å². The van der Waals surface area contributed by atoms with Crippen molar-refractivity contribution in [1.29, 1.82) is 0 Å². The predicted molar refractivity (Wildman–Crippen MR) is 203 cm³/mol. The first-order valence-electron chi connectivity index (χ1n) is 17.5.